The second-order valence-electron chi connectivity index (χ2n) is 1.31. The van der Waals surface area contributed by atoms with E-state index in [-0.39, 0.29) is 0 Å². The standard InChI is InChI=1S/C2H4F2O.CH4O3S/c3-2(4)1-5;1-5(2,3)4/h2,5H,1H2;1H3,(H,2,3,4). The monoisotopic (exact) mass is 178 g/mol. The molecule has 7 heteroatoms. The Morgan fingerprint density at radius 1 is 1.50 bits per heavy atom. The van der Waals surface area contributed by atoms with Gasteiger partial charge in [-0.3, -0.25) is 4.55 Å². The van der Waals surface area contributed by atoms with Crippen molar-refractivity contribution in [3.63, 3.8) is 0 Å². The molecule has 0 rings (SSSR count). The Kier molecular flexibility index (Phi) is 6.84. The second kappa shape index (κ2) is 5.51. The van der Waals surface area contributed by atoms with Crippen LogP contribution in [0.4, 0.5) is 8.78 Å². The Bertz CT molecular complexity index is 144. The molecule has 0 aromatic carbocycles. The Morgan fingerprint density at radius 3 is 1.60 bits per heavy atom. The minimum absolute atomic E-state index is 0.715. The summed E-state index contributed by atoms with van der Waals surface area (Å²) < 4.78 is 46.9. The average Bonchev–Trinajstić information content (AvgIpc) is 1.61. The van der Waals surface area contributed by atoms with Crippen molar-refractivity contribution >= 4 is 10.1 Å². The number of rotatable bonds is 1. The molecule has 0 radical (unpaired) electrons. The zero-order valence-corrected chi connectivity index (χ0v) is 5.98. The summed E-state index contributed by atoms with van der Waals surface area (Å²) in [7, 11) is -3.67. The van der Waals surface area contributed by atoms with Crippen molar-refractivity contribution in [3.05, 3.63) is 0 Å². The highest BCUT2D eigenvalue weighted by Gasteiger charge is 1.92. The van der Waals surface area contributed by atoms with E-state index in [2.05, 4.69) is 0 Å². The molecule has 0 unspecified atom stereocenters. The van der Waals surface area contributed by atoms with Crippen molar-refractivity contribution in [2.24, 2.45) is 0 Å². The first kappa shape index (κ1) is 12.4. The van der Waals surface area contributed by atoms with Gasteiger partial charge in [-0.25, -0.2) is 8.78 Å². The van der Waals surface area contributed by atoms with Gasteiger partial charge < -0.3 is 5.11 Å². The van der Waals surface area contributed by atoms with E-state index in [1.54, 1.807) is 0 Å². The smallest absolute Gasteiger partial charge is 0.261 e. The van der Waals surface area contributed by atoms with Crippen molar-refractivity contribution < 1.29 is 26.9 Å². The minimum atomic E-state index is -3.67. The largest absolute Gasteiger partial charge is 0.390 e. The molecule has 0 saturated heterocycles. The number of aliphatic hydroxyl groups is 1. The summed E-state index contributed by atoms with van der Waals surface area (Å²) in [6.45, 7) is -1.03. The molecule has 0 aliphatic carbocycles. The fourth-order valence-electron chi connectivity index (χ4n) is 0. The van der Waals surface area contributed by atoms with Crippen LogP contribution in [0.15, 0.2) is 0 Å². The third kappa shape index (κ3) is 117. The minimum Gasteiger partial charge on any atom is -0.390 e. The fourth-order valence-corrected chi connectivity index (χ4v) is 0. The molecule has 0 aromatic heterocycles. The molecule has 0 aliphatic heterocycles. The highest BCUT2D eigenvalue weighted by Crippen LogP contribution is 1.84. The third-order valence-electron chi connectivity index (χ3n) is 0.138. The Labute approximate surface area is 57.2 Å². The van der Waals surface area contributed by atoms with Gasteiger partial charge in [-0.1, -0.05) is 0 Å². The molecule has 0 bridgehead atoms. The van der Waals surface area contributed by atoms with Crippen molar-refractivity contribution in [2.45, 2.75) is 6.43 Å². The van der Waals surface area contributed by atoms with Crippen LogP contribution in [-0.4, -0.2) is 37.4 Å². The second-order valence-corrected chi connectivity index (χ2v) is 2.77. The fraction of sp³-hybridized carbons (Fsp3) is 1.00. The van der Waals surface area contributed by atoms with Gasteiger partial charge in [0.1, 0.15) is 6.61 Å². The lowest BCUT2D eigenvalue weighted by Gasteiger charge is -1.81. The van der Waals surface area contributed by atoms with Crippen LogP contribution >= 0.6 is 0 Å². The molecule has 10 heavy (non-hydrogen) atoms. The number of hydrogen-bond donors (Lipinski definition) is 2. The summed E-state index contributed by atoms with van der Waals surface area (Å²) in [5, 5.41) is 7.39. The normalized spacial score (nSPS) is 10.6. The van der Waals surface area contributed by atoms with Gasteiger partial charge in [-0.2, -0.15) is 8.42 Å². The van der Waals surface area contributed by atoms with Crippen molar-refractivity contribution in [2.75, 3.05) is 12.9 Å². The summed E-state index contributed by atoms with van der Waals surface area (Å²) in [4.78, 5) is 0. The molecule has 0 saturated carbocycles. The lowest BCUT2D eigenvalue weighted by Crippen LogP contribution is -1.94. The molecule has 4 nitrogen and oxygen atoms in total. The highest BCUT2D eigenvalue weighted by molar-refractivity contribution is 7.85. The molecule has 0 aromatic rings. The van der Waals surface area contributed by atoms with Crippen molar-refractivity contribution in [1.29, 1.82) is 0 Å². The maximum absolute atomic E-state index is 10.5. The van der Waals surface area contributed by atoms with E-state index in [9.17, 15) is 17.2 Å². The third-order valence-corrected chi connectivity index (χ3v) is 0.138. The first-order valence-electron chi connectivity index (χ1n) is 2.09. The van der Waals surface area contributed by atoms with E-state index in [0.29, 0.717) is 6.26 Å². The van der Waals surface area contributed by atoms with Crippen LogP contribution in [0.3, 0.4) is 0 Å². The van der Waals surface area contributed by atoms with Crippen LogP contribution in [0.25, 0.3) is 0 Å². The van der Waals surface area contributed by atoms with Gasteiger partial charge in [0.15, 0.2) is 0 Å². The molecule has 2 N–H and O–H groups in total. The highest BCUT2D eigenvalue weighted by atomic mass is 32.2. The average molecular weight is 178 g/mol. The molecular weight excluding hydrogens is 170 g/mol. The SMILES string of the molecule is CS(=O)(=O)O.OCC(F)F. The van der Waals surface area contributed by atoms with Gasteiger partial charge in [-0.15, -0.1) is 0 Å². The van der Waals surface area contributed by atoms with E-state index >= 15 is 0 Å². The van der Waals surface area contributed by atoms with E-state index in [4.69, 9.17) is 9.66 Å². The van der Waals surface area contributed by atoms with Crippen LogP contribution in [0.2, 0.25) is 0 Å². The lowest BCUT2D eigenvalue weighted by atomic mass is 10.8. The van der Waals surface area contributed by atoms with Crippen LogP contribution in [0.5, 0.6) is 0 Å². The van der Waals surface area contributed by atoms with Crippen LogP contribution < -0.4 is 0 Å². The lowest BCUT2D eigenvalue weighted by molar-refractivity contribution is 0.0700. The predicted octanol–water partition coefficient (Wildman–Crippen LogP) is -0.252. The Balaban J connectivity index is 0. The number of hydrogen-bond acceptors (Lipinski definition) is 3. The molecule has 0 aliphatic rings. The first-order chi connectivity index (χ1) is 4.27. The maximum Gasteiger partial charge on any atom is 0.261 e. The van der Waals surface area contributed by atoms with E-state index < -0.39 is 23.2 Å². The van der Waals surface area contributed by atoms with Gasteiger partial charge in [0.05, 0.1) is 6.26 Å². The molecule has 0 heterocycles. The van der Waals surface area contributed by atoms with Crippen molar-refractivity contribution in [3.8, 4) is 0 Å². The number of alkyl halides is 2. The topological polar surface area (TPSA) is 74.6 Å². The van der Waals surface area contributed by atoms with E-state index in [1.807, 2.05) is 0 Å². The van der Waals surface area contributed by atoms with Gasteiger partial charge in [0.2, 0.25) is 0 Å². The van der Waals surface area contributed by atoms with Gasteiger partial charge in [-0.05, 0) is 0 Å². The van der Waals surface area contributed by atoms with E-state index in [0.717, 1.165) is 0 Å². The maximum atomic E-state index is 10.5. The first-order valence-corrected chi connectivity index (χ1v) is 3.93. The Hall–Kier alpha value is -0.270. The van der Waals surface area contributed by atoms with Gasteiger partial charge >= 0.3 is 0 Å². The summed E-state index contributed by atoms with van der Waals surface area (Å²) in [6.07, 6.45) is -1.84. The summed E-state index contributed by atoms with van der Waals surface area (Å²) in [6, 6.07) is 0. The van der Waals surface area contributed by atoms with Crippen LogP contribution in [-0.2, 0) is 10.1 Å². The quantitative estimate of drug-likeness (QED) is 0.543. The number of halogens is 2. The Morgan fingerprint density at radius 2 is 1.60 bits per heavy atom. The predicted molar refractivity (Wildman–Crippen MR) is 30.6 cm³/mol. The zero-order chi connectivity index (χ0) is 8.78. The van der Waals surface area contributed by atoms with Crippen molar-refractivity contribution in [1.82, 2.24) is 0 Å². The molecule has 0 spiro atoms. The summed E-state index contributed by atoms with van der Waals surface area (Å²) in [5.74, 6) is 0. The molecule has 0 amide bonds. The zero-order valence-electron chi connectivity index (χ0n) is 5.16. The summed E-state index contributed by atoms with van der Waals surface area (Å²) in [5.41, 5.74) is 0. The van der Waals surface area contributed by atoms with Crippen LogP contribution in [0, 0.1) is 0 Å². The van der Waals surface area contributed by atoms with E-state index in [1.165, 1.54) is 0 Å². The molecule has 0 atom stereocenters. The molecule has 0 fully saturated rings. The van der Waals surface area contributed by atoms with Crippen LogP contribution in [0.1, 0.15) is 0 Å². The van der Waals surface area contributed by atoms with Gasteiger partial charge in [0, 0.05) is 0 Å². The number of aliphatic hydroxyl groups excluding tert-OH is 1. The summed E-state index contributed by atoms with van der Waals surface area (Å²) >= 11 is 0. The van der Waals surface area contributed by atoms with Gasteiger partial charge in [0.25, 0.3) is 16.5 Å². The molecule has 64 valence electrons. The molecular formula is C3H8F2O4S.